The van der Waals surface area contributed by atoms with E-state index in [2.05, 4.69) is 20.9 Å². The Kier molecular flexibility index (Phi) is 3.85. The first-order chi connectivity index (χ1) is 10.9. The number of halogens is 4. The minimum absolute atomic E-state index is 0.0853. The van der Waals surface area contributed by atoms with Crippen molar-refractivity contribution in [2.24, 2.45) is 0 Å². The van der Waals surface area contributed by atoms with Gasteiger partial charge in [0.15, 0.2) is 17.5 Å². The van der Waals surface area contributed by atoms with Gasteiger partial charge < -0.3 is 4.98 Å². The van der Waals surface area contributed by atoms with Gasteiger partial charge in [0.2, 0.25) is 0 Å². The van der Waals surface area contributed by atoms with E-state index in [-0.39, 0.29) is 6.54 Å². The highest BCUT2D eigenvalue weighted by Gasteiger charge is 2.18. The van der Waals surface area contributed by atoms with Crippen LogP contribution in [0.4, 0.5) is 13.2 Å². The molecule has 0 aliphatic heterocycles. The predicted molar refractivity (Wildman–Crippen MR) is 81.9 cm³/mol. The molecule has 2 aromatic carbocycles. The number of H-pyrrole nitrogens is 1. The smallest absolute Gasteiger partial charge is 0.304 e. The van der Waals surface area contributed by atoms with Crippen molar-refractivity contribution >= 4 is 26.8 Å². The molecule has 23 heavy (non-hydrogen) atoms. The van der Waals surface area contributed by atoms with Crippen LogP contribution in [0.3, 0.4) is 0 Å². The summed E-state index contributed by atoms with van der Waals surface area (Å²) in [4.78, 5) is 26.4. The topological polar surface area (TPSA) is 54.9 Å². The van der Waals surface area contributed by atoms with E-state index in [9.17, 15) is 22.8 Å². The minimum atomic E-state index is -1.74. The van der Waals surface area contributed by atoms with Gasteiger partial charge in [0.05, 0.1) is 17.4 Å². The van der Waals surface area contributed by atoms with Gasteiger partial charge in [-0.25, -0.2) is 18.0 Å². The molecule has 3 rings (SSSR count). The van der Waals surface area contributed by atoms with Crippen molar-refractivity contribution in [2.75, 3.05) is 0 Å². The fourth-order valence-corrected chi connectivity index (χ4v) is 2.48. The quantitative estimate of drug-likeness (QED) is 0.690. The van der Waals surface area contributed by atoms with Crippen LogP contribution in [0.1, 0.15) is 5.56 Å². The summed E-state index contributed by atoms with van der Waals surface area (Å²) in [6.45, 7) is -0.0853. The fourth-order valence-electron chi connectivity index (χ4n) is 2.21. The van der Waals surface area contributed by atoms with E-state index in [4.69, 9.17) is 0 Å². The first-order valence-electron chi connectivity index (χ1n) is 6.43. The molecule has 1 heterocycles. The van der Waals surface area contributed by atoms with Crippen LogP contribution in [-0.2, 0) is 6.54 Å². The summed E-state index contributed by atoms with van der Waals surface area (Å²) < 4.78 is 41.9. The van der Waals surface area contributed by atoms with Crippen LogP contribution in [0, 0.1) is 17.5 Å². The highest BCUT2D eigenvalue weighted by atomic mass is 79.9. The third-order valence-electron chi connectivity index (χ3n) is 3.37. The molecule has 0 fully saturated rings. The number of nitrogens with one attached hydrogen (secondary N) is 1. The zero-order valence-corrected chi connectivity index (χ0v) is 13.0. The number of rotatable bonds is 2. The average molecular weight is 385 g/mol. The third kappa shape index (κ3) is 2.70. The number of fused-ring (bicyclic) bond motifs is 1. The normalized spacial score (nSPS) is 11.1. The van der Waals surface area contributed by atoms with E-state index in [0.717, 1.165) is 9.04 Å². The SMILES string of the molecule is O=c1[nH]c2c(F)c(F)c(F)cc2c(=O)n1Cc1ccc(Br)cc1. The Balaban J connectivity index is 2.23. The van der Waals surface area contributed by atoms with E-state index in [1.807, 2.05) is 0 Å². The second-order valence-corrected chi connectivity index (χ2v) is 5.77. The molecule has 0 atom stereocenters. The van der Waals surface area contributed by atoms with Crippen LogP contribution >= 0.6 is 15.9 Å². The number of aromatic nitrogens is 2. The predicted octanol–water partition coefficient (Wildman–Crippen LogP) is 2.92. The number of hydrogen-bond donors (Lipinski definition) is 1. The Morgan fingerprint density at radius 1 is 1.04 bits per heavy atom. The average Bonchev–Trinajstić information content (AvgIpc) is 2.52. The maximum atomic E-state index is 13.7. The third-order valence-corrected chi connectivity index (χ3v) is 3.90. The van der Waals surface area contributed by atoms with Gasteiger partial charge in [-0.15, -0.1) is 0 Å². The fraction of sp³-hybridized carbons (Fsp3) is 0.0667. The van der Waals surface area contributed by atoms with Crippen LogP contribution in [0.5, 0.6) is 0 Å². The summed E-state index contributed by atoms with van der Waals surface area (Å²) in [5.41, 5.74) is -1.81. The summed E-state index contributed by atoms with van der Waals surface area (Å²) in [7, 11) is 0. The Morgan fingerprint density at radius 2 is 1.70 bits per heavy atom. The molecule has 0 radical (unpaired) electrons. The standard InChI is InChI=1S/C15H8BrF3N2O2/c16-8-3-1-7(2-4-8)6-21-14(22)9-5-10(17)11(18)12(19)13(9)20-15(21)23/h1-5H,6H2,(H,20,23). The van der Waals surface area contributed by atoms with Crippen molar-refractivity contribution in [2.45, 2.75) is 6.54 Å². The van der Waals surface area contributed by atoms with Crippen molar-refractivity contribution in [3.63, 3.8) is 0 Å². The lowest BCUT2D eigenvalue weighted by molar-refractivity contribution is 0.452. The van der Waals surface area contributed by atoms with Crippen LogP contribution in [0.2, 0.25) is 0 Å². The maximum Gasteiger partial charge on any atom is 0.329 e. The summed E-state index contributed by atoms with van der Waals surface area (Å²) in [6, 6.07) is 7.40. The van der Waals surface area contributed by atoms with Crippen LogP contribution < -0.4 is 11.2 Å². The highest BCUT2D eigenvalue weighted by Crippen LogP contribution is 2.18. The molecule has 0 amide bonds. The highest BCUT2D eigenvalue weighted by molar-refractivity contribution is 9.10. The second-order valence-electron chi connectivity index (χ2n) is 4.86. The lowest BCUT2D eigenvalue weighted by atomic mass is 10.2. The molecule has 3 aromatic rings. The summed E-state index contributed by atoms with van der Waals surface area (Å²) in [6.07, 6.45) is 0. The first-order valence-corrected chi connectivity index (χ1v) is 7.22. The Bertz CT molecular complexity index is 1030. The van der Waals surface area contributed by atoms with Crippen molar-refractivity contribution < 1.29 is 13.2 Å². The van der Waals surface area contributed by atoms with Crippen molar-refractivity contribution in [1.29, 1.82) is 0 Å². The molecule has 0 saturated carbocycles. The van der Waals surface area contributed by atoms with Crippen molar-refractivity contribution in [3.8, 4) is 0 Å². The van der Waals surface area contributed by atoms with Gasteiger partial charge in [-0.1, -0.05) is 28.1 Å². The Morgan fingerprint density at radius 3 is 2.35 bits per heavy atom. The molecule has 0 unspecified atom stereocenters. The largest absolute Gasteiger partial charge is 0.329 e. The van der Waals surface area contributed by atoms with Gasteiger partial charge in [-0.3, -0.25) is 9.36 Å². The molecule has 118 valence electrons. The number of nitrogens with zero attached hydrogens (tertiary/aromatic N) is 1. The molecule has 0 spiro atoms. The summed E-state index contributed by atoms with van der Waals surface area (Å²) in [5.74, 6) is -4.82. The minimum Gasteiger partial charge on any atom is -0.304 e. The summed E-state index contributed by atoms with van der Waals surface area (Å²) in [5, 5.41) is -0.432. The molecular formula is C15H8BrF3N2O2. The van der Waals surface area contributed by atoms with E-state index < -0.39 is 39.6 Å². The van der Waals surface area contributed by atoms with Gasteiger partial charge in [-0.05, 0) is 23.8 Å². The first kappa shape index (κ1) is 15.5. The van der Waals surface area contributed by atoms with Gasteiger partial charge in [0.25, 0.3) is 5.56 Å². The molecule has 4 nitrogen and oxygen atoms in total. The molecular weight excluding hydrogens is 377 g/mol. The second kappa shape index (κ2) is 5.69. The van der Waals surface area contributed by atoms with Crippen LogP contribution in [0.15, 0.2) is 44.4 Å². The van der Waals surface area contributed by atoms with Gasteiger partial charge in [-0.2, -0.15) is 0 Å². The number of aromatic amines is 1. The van der Waals surface area contributed by atoms with Gasteiger partial charge in [0.1, 0.15) is 0 Å². The Hall–Kier alpha value is -2.35. The number of benzene rings is 2. The van der Waals surface area contributed by atoms with E-state index in [1.54, 1.807) is 24.3 Å². The van der Waals surface area contributed by atoms with Gasteiger partial charge >= 0.3 is 5.69 Å². The van der Waals surface area contributed by atoms with E-state index in [1.165, 1.54) is 0 Å². The molecule has 0 aliphatic carbocycles. The van der Waals surface area contributed by atoms with E-state index in [0.29, 0.717) is 11.6 Å². The monoisotopic (exact) mass is 384 g/mol. The van der Waals surface area contributed by atoms with E-state index >= 15 is 0 Å². The molecule has 1 aromatic heterocycles. The molecule has 0 aliphatic rings. The molecule has 0 saturated heterocycles. The van der Waals surface area contributed by atoms with Crippen molar-refractivity contribution in [1.82, 2.24) is 9.55 Å². The van der Waals surface area contributed by atoms with Crippen molar-refractivity contribution in [3.05, 3.63) is 78.7 Å². The molecule has 8 heteroatoms. The number of hydrogen-bond acceptors (Lipinski definition) is 2. The lowest BCUT2D eigenvalue weighted by Gasteiger charge is -2.08. The van der Waals surface area contributed by atoms with Gasteiger partial charge in [0, 0.05) is 4.47 Å². The lowest BCUT2D eigenvalue weighted by Crippen LogP contribution is -2.35. The van der Waals surface area contributed by atoms with Crippen LogP contribution in [0.25, 0.3) is 10.9 Å². The maximum absolute atomic E-state index is 13.7. The Labute approximate surface area is 135 Å². The zero-order valence-electron chi connectivity index (χ0n) is 11.4. The molecule has 1 N–H and O–H groups in total. The summed E-state index contributed by atoms with van der Waals surface area (Å²) >= 11 is 3.26. The van der Waals surface area contributed by atoms with Crippen LogP contribution in [-0.4, -0.2) is 9.55 Å². The molecule has 0 bridgehead atoms. The zero-order chi connectivity index (χ0) is 16.7.